The molecule has 1 N–H and O–H groups in total. The molecular weight excluding hydrogens is 315 g/mol. The monoisotopic (exact) mass is 324 g/mol. The summed E-state index contributed by atoms with van der Waals surface area (Å²) in [7, 11) is 0. The van der Waals surface area contributed by atoms with Crippen LogP contribution in [0, 0.1) is 5.82 Å². The first-order valence-corrected chi connectivity index (χ1v) is 5.97. The Bertz CT molecular complexity index is 400. The Morgan fingerprint density at radius 1 is 1.50 bits per heavy atom. The van der Waals surface area contributed by atoms with Gasteiger partial charge in [-0.2, -0.15) is 0 Å². The van der Waals surface area contributed by atoms with E-state index in [2.05, 4.69) is 10.3 Å². The third-order valence-electron chi connectivity index (χ3n) is 2.02. The van der Waals surface area contributed by atoms with Crippen LogP contribution < -0.4 is 5.32 Å². The first kappa shape index (κ1) is 13.8. The summed E-state index contributed by atoms with van der Waals surface area (Å²) in [5.74, 6) is 0.322. The first-order valence-electron chi connectivity index (χ1n) is 4.61. The molecule has 0 atom stereocenters. The van der Waals surface area contributed by atoms with Crippen molar-refractivity contribution in [3.8, 4) is 0 Å². The molecule has 0 unspecified atom stereocenters. The summed E-state index contributed by atoms with van der Waals surface area (Å²) >= 11 is 7.17. The average molecular weight is 326 g/mol. The minimum absolute atomic E-state index is 0. The summed E-state index contributed by atoms with van der Waals surface area (Å²) in [6.07, 6.45) is 0. The van der Waals surface area contributed by atoms with E-state index in [-0.39, 0.29) is 22.8 Å². The second-order valence-corrected chi connectivity index (χ2v) is 4.54. The van der Waals surface area contributed by atoms with Crippen LogP contribution >= 0.6 is 40.3 Å². The van der Waals surface area contributed by atoms with Crippen LogP contribution in [0.5, 0.6) is 0 Å². The van der Waals surface area contributed by atoms with Crippen molar-refractivity contribution in [1.29, 1.82) is 0 Å². The van der Waals surface area contributed by atoms with Gasteiger partial charge in [0.1, 0.15) is 5.82 Å². The van der Waals surface area contributed by atoms with Crippen LogP contribution in [0.3, 0.4) is 0 Å². The van der Waals surface area contributed by atoms with E-state index in [0.717, 1.165) is 18.3 Å². The molecule has 6 heteroatoms. The van der Waals surface area contributed by atoms with E-state index in [0.29, 0.717) is 16.3 Å². The van der Waals surface area contributed by atoms with Crippen molar-refractivity contribution in [2.75, 3.05) is 13.1 Å². The van der Waals surface area contributed by atoms with Crippen molar-refractivity contribution < 1.29 is 4.39 Å². The van der Waals surface area contributed by atoms with Crippen LogP contribution in [0.15, 0.2) is 23.2 Å². The third kappa shape index (κ3) is 3.64. The number of halogens is 3. The smallest absolute Gasteiger partial charge is 0.157 e. The molecule has 88 valence electrons. The van der Waals surface area contributed by atoms with Crippen molar-refractivity contribution in [3.63, 3.8) is 0 Å². The predicted molar refractivity (Wildman–Crippen MR) is 73.3 cm³/mol. The molecule has 2 rings (SSSR count). The number of aliphatic imine (C=N–C) groups is 1. The molecule has 1 aromatic carbocycles. The second-order valence-electron chi connectivity index (χ2n) is 3.14. The van der Waals surface area contributed by atoms with E-state index in [1.807, 2.05) is 0 Å². The van der Waals surface area contributed by atoms with Gasteiger partial charge < -0.3 is 5.32 Å². The van der Waals surface area contributed by atoms with Crippen molar-refractivity contribution in [2.45, 2.75) is 5.75 Å². The molecule has 0 aromatic heterocycles. The number of benzene rings is 1. The summed E-state index contributed by atoms with van der Waals surface area (Å²) < 4.78 is 13.4. The van der Waals surface area contributed by atoms with Gasteiger partial charge in [0.2, 0.25) is 0 Å². The number of amidine groups is 1. The lowest BCUT2D eigenvalue weighted by Crippen LogP contribution is -2.15. The van der Waals surface area contributed by atoms with Crippen LogP contribution in [0.2, 0.25) is 5.02 Å². The maximum absolute atomic E-state index is 13.4. The molecule has 0 bridgehead atoms. The Hall–Kier alpha value is -0.260. The minimum Gasteiger partial charge on any atom is -0.363 e. The van der Waals surface area contributed by atoms with Gasteiger partial charge in [-0.05, 0) is 17.7 Å². The van der Waals surface area contributed by atoms with E-state index in [1.54, 1.807) is 12.1 Å². The average Bonchev–Trinajstić information content (AvgIpc) is 2.69. The largest absolute Gasteiger partial charge is 0.363 e. The summed E-state index contributed by atoms with van der Waals surface area (Å²) in [5.41, 5.74) is 0.654. The fraction of sp³-hybridized carbons (Fsp3) is 0.300. The number of nitrogens with one attached hydrogen (secondary N) is 1. The van der Waals surface area contributed by atoms with Gasteiger partial charge in [-0.1, -0.05) is 29.4 Å². The number of nitrogens with zero attached hydrogens (tertiary/aromatic N) is 1. The number of hydrogen-bond donors (Lipinski definition) is 1. The number of hydrogen-bond acceptors (Lipinski definition) is 3. The fourth-order valence-electron chi connectivity index (χ4n) is 1.26. The molecule has 1 aromatic rings. The van der Waals surface area contributed by atoms with Gasteiger partial charge in [-0.3, -0.25) is 4.99 Å². The zero-order valence-corrected chi connectivity index (χ0v) is 11.7. The number of thioether (sulfide) groups is 1. The maximum Gasteiger partial charge on any atom is 0.157 e. The van der Waals surface area contributed by atoms with E-state index in [4.69, 9.17) is 11.6 Å². The normalized spacial score (nSPS) is 14.0. The number of rotatable bonds is 2. The van der Waals surface area contributed by atoms with Crippen LogP contribution in [0.25, 0.3) is 0 Å². The molecule has 16 heavy (non-hydrogen) atoms. The van der Waals surface area contributed by atoms with Gasteiger partial charge in [0.15, 0.2) is 5.17 Å². The zero-order valence-electron chi connectivity index (χ0n) is 8.37. The second kappa shape index (κ2) is 6.47. The van der Waals surface area contributed by atoms with E-state index < -0.39 is 0 Å². The summed E-state index contributed by atoms with van der Waals surface area (Å²) in [6.45, 7) is 1.69. The molecule has 1 aliphatic heterocycles. The van der Waals surface area contributed by atoms with E-state index in [1.165, 1.54) is 17.8 Å². The molecule has 0 saturated carbocycles. The van der Waals surface area contributed by atoms with Crippen molar-refractivity contribution in [2.24, 2.45) is 4.99 Å². The van der Waals surface area contributed by atoms with E-state index in [9.17, 15) is 4.39 Å². The molecular formula is C10H11BrClFN2S. The van der Waals surface area contributed by atoms with Gasteiger partial charge in [-0.15, -0.1) is 17.0 Å². The highest BCUT2D eigenvalue weighted by atomic mass is 79.9. The fourth-order valence-corrected chi connectivity index (χ4v) is 2.33. The quantitative estimate of drug-likeness (QED) is 0.902. The van der Waals surface area contributed by atoms with Gasteiger partial charge >= 0.3 is 0 Å². The van der Waals surface area contributed by atoms with E-state index >= 15 is 0 Å². The molecule has 0 saturated heterocycles. The third-order valence-corrected chi connectivity index (χ3v) is 3.26. The van der Waals surface area contributed by atoms with Gasteiger partial charge in [0.25, 0.3) is 0 Å². The van der Waals surface area contributed by atoms with Crippen molar-refractivity contribution >= 4 is 45.5 Å². The van der Waals surface area contributed by atoms with Crippen molar-refractivity contribution in [1.82, 2.24) is 5.32 Å². The molecule has 0 amide bonds. The molecule has 1 heterocycles. The van der Waals surface area contributed by atoms with Crippen molar-refractivity contribution in [3.05, 3.63) is 34.6 Å². The maximum atomic E-state index is 13.4. The highest BCUT2D eigenvalue weighted by Crippen LogP contribution is 2.20. The van der Waals surface area contributed by atoms with Gasteiger partial charge in [-0.25, -0.2) is 4.39 Å². The van der Waals surface area contributed by atoms with Gasteiger partial charge in [0.05, 0.1) is 6.54 Å². The summed E-state index contributed by atoms with van der Waals surface area (Å²) in [5, 5.41) is 4.44. The molecule has 1 aliphatic rings. The predicted octanol–water partition coefficient (Wildman–Crippen LogP) is 3.25. The zero-order chi connectivity index (χ0) is 10.7. The molecule has 0 radical (unpaired) electrons. The SMILES string of the molecule is Br.Fc1cc(Cl)ccc1CSC1=NCCN1. The summed E-state index contributed by atoms with van der Waals surface area (Å²) in [6, 6.07) is 4.74. The highest BCUT2D eigenvalue weighted by molar-refractivity contribution is 8.93. The lowest BCUT2D eigenvalue weighted by Gasteiger charge is -2.03. The van der Waals surface area contributed by atoms with Crippen LogP contribution in [-0.2, 0) is 5.75 Å². The Balaban J connectivity index is 0.00000128. The Kier molecular flexibility index (Phi) is 5.58. The molecule has 0 fully saturated rings. The van der Waals surface area contributed by atoms with Crippen LogP contribution in [-0.4, -0.2) is 18.3 Å². The Morgan fingerprint density at radius 3 is 2.94 bits per heavy atom. The Morgan fingerprint density at radius 2 is 2.31 bits per heavy atom. The first-order chi connectivity index (χ1) is 7.25. The van der Waals surface area contributed by atoms with Crippen LogP contribution in [0.1, 0.15) is 5.56 Å². The van der Waals surface area contributed by atoms with Gasteiger partial charge in [0, 0.05) is 17.3 Å². The summed E-state index contributed by atoms with van der Waals surface area (Å²) in [4.78, 5) is 4.22. The molecule has 0 aliphatic carbocycles. The Labute approximate surface area is 113 Å². The topological polar surface area (TPSA) is 24.4 Å². The standard InChI is InChI=1S/C10H10ClFN2S.BrH/c11-8-2-1-7(9(12)5-8)6-15-10-13-3-4-14-10;/h1-2,5H,3-4,6H2,(H,13,14);1H. The lowest BCUT2D eigenvalue weighted by atomic mass is 10.2. The minimum atomic E-state index is -0.256. The molecule has 2 nitrogen and oxygen atoms in total. The molecule has 0 spiro atoms. The highest BCUT2D eigenvalue weighted by Gasteiger charge is 2.08. The van der Waals surface area contributed by atoms with Crippen LogP contribution in [0.4, 0.5) is 4.39 Å². The lowest BCUT2D eigenvalue weighted by molar-refractivity contribution is 0.617.